The first-order chi connectivity index (χ1) is 6.81. The minimum atomic E-state index is 0.181. The monoisotopic (exact) mass is 209 g/mol. The molecule has 1 unspecified atom stereocenters. The van der Waals surface area contributed by atoms with E-state index in [1.54, 1.807) is 18.2 Å². The van der Waals surface area contributed by atoms with Crippen molar-refractivity contribution in [2.75, 3.05) is 13.2 Å². The Morgan fingerprint density at radius 1 is 1.64 bits per heavy atom. The van der Waals surface area contributed by atoms with Crippen LogP contribution < -0.4 is 4.74 Å². The van der Waals surface area contributed by atoms with Crippen LogP contribution in [0, 0.1) is 11.3 Å². The van der Waals surface area contributed by atoms with Crippen molar-refractivity contribution in [3.63, 3.8) is 0 Å². The smallest absolute Gasteiger partial charge is 0.138 e. The summed E-state index contributed by atoms with van der Waals surface area (Å²) in [6.07, 6.45) is 0.181. The summed E-state index contributed by atoms with van der Waals surface area (Å²) in [6.45, 7) is 1.22. The molecule has 0 bridgehead atoms. The van der Waals surface area contributed by atoms with E-state index in [0.717, 1.165) is 6.61 Å². The van der Waals surface area contributed by atoms with Crippen LogP contribution in [0.5, 0.6) is 5.75 Å². The summed E-state index contributed by atoms with van der Waals surface area (Å²) in [5.74, 6) is 0.524. The second-order valence-corrected chi connectivity index (χ2v) is 3.40. The van der Waals surface area contributed by atoms with Crippen LogP contribution in [0.15, 0.2) is 18.2 Å². The van der Waals surface area contributed by atoms with Gasteiger partial charge < -0.3 is 9.47 Å². The molecule has 1 saturated heterocycles. The molecule has 1 aromatic rings. The van der Waals surface area contributed by atoms with E-state index in [1.165, 1.54) is 0 Å². The molecule has 0 radical (unpaired) electrons. The highest BCUT2D eigenvalue weighted by Crippen LogP contribution is 2.26. The van der Waals surface area contributed by atoms with Gasteiger partial charge in [-0.2, -0.15) is 5.26 Å². The standard InChI is InChI=1S/C10H8ClNO2/c11-9-2-1-3-10(8(9)4-12)14-6-7-5-13-7/h1-3,7H,5-6H2. The lowest BCUT2D eigenvalue weighted by Crippen LogP contribution is -2.05. The third-order valence-electron chi connectivity index (χ3n) is 1.91. The predicted molar refractivity (Wildman–Crippen MR) is 51.4 cm³/mol. The van der Waals surface area contributed by atoms with Crippen LogP contribution in [0.2, 0.25) is 5.02 Å². The number of nitrogens with zero attached hydrogens (tertiary/aromatic N) is 1. The second kappa shape index (κ2) is 3.87. The molecule has 14 heavy (non-hydrogen) atoms. The molecule has 1 atom stereocenters. The van der Waals surface area contributed by atoms with Crippen molar-refractivity contribution in [2.24, 2.45) is 0 Å². The van der Waals surface area contributed by atoms with Crippen LogP contribution in [0.3, 0.4) is 0 Å². The van der Waals surface area contributed by atoms with E-state index >= 15 is 0 Å². The molecule has 0 amide bonds. The summed E-state index contributed by atoms with van der Waals surface area (Å²) < 4.78 is 10.4. The Morgan fingerprint density at radius 2 is 2.43 bits per heavy atom. The maximum Gasteiger partial charge on any atom is 0.138 e. The van der Waals surface area contributed by atoms with E-state index < -0.39 is 0 Å². The van der Waals surface area contributed by atoms with Gasteiger partial charge in [-0.1, -0.05) is 17.7 Å². The average Bonchev–Trinajstić information content (AvgIpc) is 2.98. The van der Waals surface area contributed by atoms with Crippen LogP contribution in [0.1, 0.15) is 5.56 Å². The van der Waals surface area contributed by atoms with Crippen molar-refractivity contribution in [1.29, 1.82) is 5.26 Å². The van der Waals surface area contributed by atoms with E-state index in [0.29, 0.717) is 22.9 Å². The number of ether oxygens (including phenoxy) is 2. The highest BCUT2D eigenvalue weighted by Gasteiger charge is 2.23. The molecule has 0 N–H and O–H groups in total. The van der Waals surface area contributed by atoms with E-state index in [-0.39, 0.29) is 6.10 Å². The first kappa shape index (κ1) is 9.32. The van der Waals surface area contributed by atoms with Crippen LogP contribution in [0.4, 0.5) is 0 Å². The Labute approximate surface area is 86.8 Å². The lowest BCUT2D eigenvalue weighted by Gasteiger charge is -2.06. The quantitative estimate of drug-likeness (QED) is 0.716. The van der Waals surface area contributed by atoms with E-state index in [4.69, 9.17) is 26.3 Å². The van der Waals surface area contributed by atoms with Crippen molar-refractivity contribution in [3.8, 4) is 11.8 Å². The zero-order valence-electron chi connectivity index (χ0n) is 7.37. The number of halogens is 1. The lowest BCUT2D eigenvalue weighted by molar-refractivity contribution is 0.262. The van der Waals surface area contributed by atoms with Gasteiger partial charge in [0.2, 0.25) is 0 Å². The molecule has 1 heterocycles. The Bertz CT molecular complexity index is 382. The van der Waals surface area contributed by atoms with Gasteiger partial charge in [-0.3, -0.25) is 0 Å². The molecule has 0 aromatic heterocycles. The molecule has 2 rings (SSSR count). The second-order valence-electron chi connectivity index (χ2n) is 2.99. The van der Waals surface area contributed by atoms with Gasteiger partial charge in [0.25, 0.3) is 0 Å². The molecular formula is C10H8ClNO2. The van der Waals surface area contributed by atoms with Crippen LogP contribution in [-0.4, -0.2) is 19.3 Å². The van der Waals surface area contributed by atoms with Gasteiger partial charge in [-0.15, -0.1) is 0 Å². The van der Waals surface area contributed by atoms with Gasteiger partial charge in [0, 0.05) is 0 Å². The average molecular weight is 210 g/mol. The number of hydrogen-bond acceptors (Lipinski definition) is 3. The highest BCUT2D eigenvalue weighted by atomic mass is 35.5. The van der Waals surface area contributed by atoms with Crippen molar-refractivity contribution in [3.05, 3.63) is 28.8 Å². The molecule has 0 aliphatic carbocycles. The van der Waals surface area contributed by atoms with Crippen molar-refractivity contribution < 1.29 is 9.47 Å². The fraction of sp³-hybridized carbons (Fsp3) is 0.300. The van der Waals surface area contributed by atoms with Crippen LogP contribution >= 0.6 is 11.6 Å². The third kappa shape index (κ3) is 1.98. The molecule has 72 valence electrons. The molecule has 3 nitrogen and oxygen atoms in total. The zero-order chi connectivity index (χ0) is 9.97. The minimum Gasteiger partial charge on any atom is -0.489 e. The largest absolute Gasteiger partial charge is 0.489 e. The maximum atomic E-state index is 8.83. The molecule has 0 saturated carbocycles. The predicted octanol–water partition coefficient (Wildman–Crippen LogP) is 1.99. The molecule has 1 aromatic carbocycles. The molecule has 0 spiro atoms. The van der Waals surface area contributed by atoms with Crippen LogP contribution in [0.25, 0.3) is 0 Å². The first-order valence-electron chi connectivity index (χ1n) is 4.24. The highest BCUT2D eigenvalue weighted by molar-refractivity contribution is 6.31. The maximum absolute atomic E-state index is 8.83. The fourth-order valence-electron chi connectivity index (χ4n) is 1.08. The summed E-state index contributed by atoms with van der Waals surface area (Å²) in [6, 6.07) is 7.16. The van der Waals surface area contributed by atoms with Crippen molar-refractivity contribution >= 4 is 11.6 Å². The van der Waals surface area contributed by atoms with Gasteiger partial charge in [0.1, 0.15) is 30.1 Å². The number of nitriles is 1. The Balaban J connectivity index is 2.14. The summed E-state index contributed by atoms with van der Waals surface area (Å²) in [4.78, 5) is 0. The van der Waals surface area contributed by atoms with Gasteiger partial charge >= 0.3 is 0 Å². The van der Waals surface area contributed by atoms with Crippen molar-refractivity contribution in [2.45, 2.75) is 6.10 Å². The van der Waals surface area contributed by atoms with Gasteiger partial charge in [-0.05, 0) is 12.1 Å². The SMILES string of the molecule is N#Cc1c(Cl)cccc1OCC1CO1. The van der Waals surface area contributed by atoms with Crippen molar-refractivity contribution in [1.82, 2.24) is 0 Å². The number of hydrogen-bond donors (Lipinski definition) is 0. The lowest BCUT2D eigenvalue weighted by atomic mass is 10.2. The van der Waals surface area contributed by atoms with Gasteiger partial charge in [-0.25, -0.2) is 0 Å². The molecule has 1 aliphatic rings. The zero-order valence-corrected chi connectivity index (χ0v) is 8.12. The topological polar surface area (TPSA) is 45.5 Å². The Morgan fingerprint density at radius 3 is 3.07 bits per heavy atom. The minimum absolute atomic E-state index is 0.181. The van der Waals surface area contributed by atoms with E-state index in [1.807, 2.05) is 6.07 Å². The molecule has 4 heteroatoms. The Hall–Kier alpha value is -1.24. The summed E-state index contributed by atoms with van der Waals surface area (Å²) in [7, 11) is 0. The number of benzene rings is 1. The van der Waals surface area contributed by atoms with Crippen LogP contribution in [-0.2, 0) is 4.74 Å². The number of epoxide rings is 1. The summed E-state index contributed by atoms with van der Waals surface area (Å²) >= 11 is 5.83. The third-order valence-corrected chi connectivity index (χ3v) is 2.23. The molecule has 1 fully saturated rings. The van der Waals surface area contributed by atoms with E-state index in [2.05, 4.69) is 0 Å². The summed E-state index contributed by atoms with van der Waals surface area (Å²) in [5.41, 5.74) is 0.384. The molecule has 1 aliphatic heterocycles. The van der Waals surface area contributed by atoms with Gasteiger partial charge in [0.05, 0.1) is 11.6 Å². The normalized spacial score (nSPS) is 18.7. The fourth-order valence-corrected chi connectivity index (χ4v) is 1.29. The van der Waals surface area contributed by atoms with E-state index in [9.17, 15) is 0 Å². The summed E-state index contributed by atoms with van der Waals surface area (Å²) in [5, 5.41) is 9.25. The first-order valence-corrected chi connectivity index (χ1v) is 4.62. The molecular weight excluding hydrogens is 202 g/mol. The Kier molecular flexibility index (Phi) is 2.58. The number of rotatable bonds is 3. The van der Waals surface area contributed by atoms with Gasteiger partial charge in [0.15, 0.2) is 0 Å².